The minimum absolute atomic E-state index is 0.0547. The molecule has 1 amide bonds. The number of carbonyl (C=O) groups excluding carboxylic acids is 1. The van der Waals surface area contributed by atoms with Gasteiger partial charge in [0.15, 0.2) is 5.82 Å². The van der Waals surface area contributed by atoms with Crippen LogP contribution in [-0.4, -0.2) is 34.5 Å². The molecule has 146 valence electrons. The van der Waals surface area contributed by atoms with Crippen LogP contribution in [0.1, 0.15) is 5.82 Å². The van der Waals surface area contributed by atoms with E-state index in [2.05, 4.69) is 31.0 Å². The van der Waals surface area contributed by atoms with Gasteiger partial charge in [0.1, 0.15) is 23.1 Å². The van der Waals surface area contributed by atoms with Gasteiger partial charge in [-0.25, -0.2) is 15.0 Å². The number of anilines is 2. The molecule has 0 radical (unpaired) electrons. The second-order valence-corrected chi connectivity index (χ2v) is 7.09. The van der Waals surface area contributed by atoms with E-state index in [4.69, 9.17) is 4.74 Å². The molecular formula is C21H19N5O2S. The normalized spacial score (nSPS) is 10.8. The van der Waals surface area contributed by atoms with E-state index in [1.54, 1.807) is 36.8 Å². The second-order valence-electron chi connectivity index (χ2n) is 6.23. The number of aromatic nitrogens is 3. The van der Waals surface area contributed by atoms with Crippen LogP contribution in [0.15, 0.2) is 60.1 Å². The van der Waals surface area contributed by atoms with Crippen LogP contribution in [0.4, 0.5) is 11.6 Å². The molecule has 0 unspecified atom stereocenters. The average Bonchev–Trinajstić information content (AvgIpc) is 3.18. The van der Waals surface area contributed by atoms with Crippen LogP contribution in [0.3, 0.4) is 0 Å². The maximum absolute atomic E-state index is 12.3. The van der Waals surface area contributed by atoms with Crippen LogP contribution in [0, 0.1) is 0 Å². The third kappa shape index (κ3) is 4.39. The summed E-state index contributed by atoms with van der Waals surface area (Å²) >= 11 is 1.54. The fraction of sp³-hybridized carbons (Fsp3) is 0.143. The molecule has 2 N–H and O–H groups in total. The molecule has 0 aliphatic heterocycles. The first kappa shape index (κ1) is 19.0. The summed E-state index contributed by atoms with van der Waals surface area (Å²) in [5, 5.41) is 8.88. The highest BCUT2D eigenvalue weighted by atomic mass is 32.1. The predicted molar refractivity (Wildman–Crippen MR) is 115 cm³/mol. The van der Waals surface area contributed by atoms with Crippen LogP contribution < -0.4 is 10.6 Å². The Morgan fingerprint density at radius 1 is 1.10 bits per heavy atom. The zero-order chi connectivity index (χ0) is 20.1. The smallest absolute Gasteiger partial charge is 0.244 e. The molecule has 0 fully saturated rings. The molecule has 0 saturated carbocycles. The fourth-order valence-electron chi connectivity index (χ4n) is 2.93. The van der Waals surface area contributed by atoms with Gasteiger partial charge >= 0.3 is 0 Å². The van der Waals surface area contributed by atoms with Crippen molar-refractivity contribution in [2.24, 2.45) is 0 Å². The molecule has 7 nitrogen and oxygen atoms in total. The standard InChI is InChI=1S/C21H19N5O2S/c1-28-12-17-25-20(23-11-18(27)24-16-9-5-6-10-22-16)19-15(13-29-21(19)26-17)14-7-3-2-4-8-14/h2-10,13H,11-12H2,1H3,(H,22,24,27)(H,23,25,26). The van der Waals surface area contributed by atoms with Crippen LogP contribution in [0.25, 0.3) is 21.3 Å². The Kier molecular flexibility index (Phi) is 5.73. The van der Waals surface area contributed by atoms with Crippen molar-refractivity contribution in [2.45, 2.75) is 6.61 Å². The fourth-order valence-corrected chi connectivity index (χ4v) is 3.89. The zero-order valence-corrected chi connectivity index (χ0v) is 16.6. The van der Waals surface area contributed by atoms with E-state index in [1.807, 2.05) is 36.4 Å². The Labute approximate surface area is 171 Å². The number of amides is 1. The Hall–Kier alpha value is -3.36. The van der Waals surface area contributed by atoms with E-state index >= 15 is 0 Å². The monoisotopic (exact) mass is 405 g/mol. The van der Waals surface area contributed by atoms with Crippen LogP contribution in [-0.2, 0) is 16.1 Å². The number of carbonyl (C=O) groups is 1. The summed E-state index contributed by atoms with van der Waals surface area (Å²) in [5.74, 6) is 1.47. The van der Waals surface area contributed by atoms with E-state index in [-0.39, 0.29) is 12.5 Å². The molecule has 0 aliphatic carbocycles. The molecule has 0 saturated heterocycles. The summed E-state index contributed by atoms with van der Waals surface area (Å²) in [4.78, 5) is 26.5. The SMILES string of the molecule is COCc1nc(NCC(=O)Nc2ccccn2)c2c(-c3ccccc3)csc2n1. The van der Waals surface area contributed by atoms with Gasteiger partial charge in [-0.1, -0.05) is 36.4 Å². The predicted octanol–water partition coefficient (Wildman–Crippen LogP) is 3.95. The van der Waals surface area contributed by atoms with Crippen molar-refractivity contribution in [1.82, 2.24) is 15.0 Å². The lowest BCUT2D eigenvalue weighted by molar-refractivity contribution is -0.114. The Bertz CT molecular complexity index is 1120. The van der Waals surface area contributed by atoms with Gasteiger partial charge in [0.25, 0.3) is 0 Å². The van der Waals surface area contributed by atoms with Gasteiger partial charge in [-0.05, 0) is 17.7 Å². The molecule has 0 atom stereocenters. The number of methoxy groups -OCH3 is 1. The van der Waals surface area contributed by atoms with Gasteiger partial charge in [-0.3, -0.25) is 4.79 Å². The van der Waals surface area contributed by atoms with Crippen LogP contribution in [0.5, 0.6) is 0 Å². The molecular weight excluding hydrogens is 386 g/mol. The maximum atomic E-state index is 12.3. The molecule has 0 spiro atoms. The highest BCUT2D eigenvalue weighted by molar-refractivity contribution is 7.17. The highest BCUT2D eigenvalue weighted by Crippen LogP contribution is 2.36. The summed E-state index contributed by atoms with van der Waals surface area (Å²) in [6, 6.07) is 15.4. The highest BCUT2D eigenvalue weighted by Gasteiger charge is 2.16. The van der Waals surface area contributed by atoms with E-state index in [9.17, 15) is 4.79 Å². The minimum atomic E-state index is -0.208. The Morgan fingerprint density at radius 3 is 2.69 bits per heavy atom. The van der Waals surface area contributed by atoms with Crippen molar-refractivity contribution >= 4 is 39.1 Å². The Morgan fingerprint density at radius 2 is 1.93 bits per heavy atom. The van der Waals surface area contributed by atoms with Crippen LogP contribution >= 0.6 is 11.3 Å². The largest absolute Gasteiger partial charge is 0.377 e. The minimum Gasteiger partial charge on any atom is -0.377 e. The summed E-state index contributed by atoms with van der Waals surface area (Å²) in [5.41, 5.74) is 2.10. The van der Waals surface area contributed by atoms with Crippen molar-refractivity contribution in [2.75, 3.05) is 24.3 Å². The molecule has 4 rings (SSSR count). The van der Waals surface area contributed by atoms with Crippen molar-refractivity contribution in [3.63, 3.8) is 0 Å². The molecule has 0 bridgehead atoms. The van der Waals surface area contributed by atoms with Gasteiger partial charge in [-0.2, -0.15) is 0 Å². The van der Waals surface area contributed by atoms with E-state index in [1.165, 1.54) is 0 Å². The maximum Gasteiger partial charge on any atom is 0.244 e. The molecule has 3 aromatic heterocycles. The third-order valence-corrected chi connectivity index (χ3v) is 5.06. The number of nitrogens with one attached hydrogen (secondary N) is 2. The van der Waals surface area contributed by atoms with E-state index < -0.39 is 0 Å². The lowest BCUT2D eigenvalue weighted by atomic mass is 10.1. The molecule has 8 heteroatoms. The lowest BCUT2D eigenvalue weighted by Gasteiger charge is -2.11. The van der Waals surface area contributed by atoms with Crippen molar-refractivity contribution in [3.8, 4) is 11.1 Å². The first-order valence-corrected chi connectivity index (χ1v) is 9.90. The number of pyridine rings is 1. The quantitative estimate of drug-likeness (QED) is 0.484. The summed E-state index contributed by atoms with van der Waals surface area (Å²) in [7, 11) is 1.60. The summed E-state index contributed by atoms with van der Waals surface area (Å²) in [6.45, 7) is 0.350. The Balaban J connectivity index is 1.64. The molecule has 0 aliphatic rings. The lowest BCUT2D eigenvalue weighted by Crippen LogP contribution is -2.23. The number of thiophene rings is 1. The summed E-state index contributed by atoms with van der Waals surface area (Å²) < 4.78 is 5.19. The summed E-state index contributed by atoms with van der Waals surface area (Å²) in [6.07, 6.45) is 1.63. The first-order valence-electron chi connectivity index (χ1n) is 9.02. The van der Waals surface area contributed by atoms with Gasteiger partial charge in [0.2, 0.25) is 5.91 Å². The molecule has 29 heavy (non-hydrogen) atoms. The topological polar surface area (TPSA) is 89.0 Å². The number of fused-ring (bicyclic) bond motifs is 1. The van der Waals surface area contributed by atoms with Gasteiger partial charge in [0.05, 0.1) is 11.9 Å². The van der Waals surface area contributed by atoms with Crippen LogP contribution in [0.2, 0.25) is 0 Å². The molecule has 1 aromatic carbocycles. The number of nitrogens with zero attached hydrogens (tertiary/aromatic N) is 3. The van der Waals surface area contributed by atoms with Gasteiger partial charge in [0, 0.05) is 24.3 Å². The third-order valence-electron chi connectivity index (χ3n) is 4.19. The molecule has 3 heterocycles. The average molecular weight is 405 g/mol. The zero-order valence-electron chi connectivity index (χ0n) is 15.8. The first-order chi connectivity index (χ1) is 14.2. The van der Waals surface area contributed by atoms with E-state index in [0.29, 0.717) is 24.1 Å². The van der Waals surface area contributed by atoms with Gasteiger partial charge in [-0.15, -0.1) is 11.3 Å². The number of rotatable bonds is 7. The van der Waals surface area contributed by atoms with Crippen molar-refractivity contribution in [3.05, 3.63) is 65.9 Å². The number of ether oxygens (including phenoxy) is 1. The number of hydrogen-bond donors (Lipinski definition) is 2. The van der Waals surface area contributed by atoms with Crippen molar-refractivity contribution in [1.29, 1.82) is 0 Å². The number of hydrogen-bond acceptors (Lipinski definition) is 7. The van der Waals surface area contributed by atoms with Crippen molar-refractivity contribution < 1.29 is 9.53 Å². The number of benzene rings is 1. The molecule has 4 aromatic rings. The van der Waals surface area contributed by atoms with E-state index in [0.717, 1.165) is 21.3 Å². The van der Waals surface area contributed by atoms with Gasteiger partial charge < -0.3 is 15.4 Å². The second kappa shape index (κ2) is 8.76.